The number of tetrazole rings is 1. The van der Waals surface area contributed by atoms with Crippen molar-refractivity contribution in [3.63, 3.8) is 0 Å². The molecule has 1 N–H and O–H groups in total. The number of rotatable bonds is 8. The van der Waals surface area contributed by atoms with Crippen LogP contribution in [0.1, 0.15) is 18.4 Å². The van der Waals surface area contributed by atoms with Gasteiger partial charge in [-0.2, -0.15) is 4.80 Å². The molecule has 0 bridgehead atoms. The minimum Gasteiger partial charge on any atom is -0.340 e. The van der Waals surface area contributed by atoms with Gasteiger partial charge in [0.25, 0.3) is 0 Å². The molecule has 33 heavy (non-hydrogen) atoms. The van der Waals surface area contributed by atoms with Gasteiger partial charge in [-0.25, -0.2) is 0 Å². The SMILES string of the molecule is CN1CCN(C(=O)Cc2ccc(NC(=O)CCCn3nnc(-c4ccccc4)n3)cc2)CC1. The molecular formula is C24H29N7O2. The highest BCUT2D eigenvalue weighted by Gasteiger charge is 2.19. The molecule has 2 amide bonds. The first-order chi connectivity index (χ1) is 16.1. The van der Waals surface area contributed by atoms with E-state index in [1.54, 1.807) is 0 Å². The summed E-state index contributed by atoms with van der Waals surface area (Å²) in [6.07, 6.45) is 1.34. The quantitative estimate of drug-likeness (QED) is 0.568. The number of anilines is 1. The van der Waals surface area contributed by atoms with E-state index < -0.39 is 0 Å². The largest absolute Gasteiger partial charge is 0.340 e. The number of nitrogens with one attached hydrogen (secondary N) is 1. The molecule has 2 aromatic carbocycles. The predicted molar refractivity (Wildman–Crippen MR) is 125 cm³/mol. The molecule has 1 saturated heterocycles. The number of aryl methyl sites for hydroxylation is 1. The van der Waals surface area contributed by atoms with Crippen molar-refractivity contribution in [3.05, 3.63) is 60.2 Å². The lowest BCUT2D eigenvalue weighted by Crippen LogP contribution is -2.47. The van der Waals surface area contributed by atoms with Crippen LogP contribution in [0.25, 0.3) is 11.4 Å². The van der Waals surface area contributed by atoms with E-state index in [0.717, 1.165) is 43.0 Å². The molecule has 3 aromatic rings. The predicted octanol–water partition coefficient (Wildman–Crippen LogP) is 2.08. The van der Waals surface area contributed by atoms with Gasteiger partial charge in [-0.15, -0.1) is 10.2 Å². The van der Waals surface area contributed by atoms with Crippen molar-refractivity contribution in [3.8, 4) is 11.4 Å². The Hall–Kier alpha value is -3.59. The van der Waals surface area contributed by atoms with Gasteiger partial charge in [0, 0.05) is 43.9 Å². The maximum Gasteiger partial charge on any atom is 0.227 e. The van der Waals surface area contributed by atoms with Crippen LogP contribution in [0.2, 0.25) is 0 Å². The Morgan fingerprint density at radius 3 is 2.42 bits per heavy atom. The van der Waals surface area contributed by atoms with Gasteiger partial charge >= 0.3 is 0 Å². The number of amides is 2. The fourth-order valence-electron chi connectivity index (χ4n) is 3.69. The van der Waals surface area contributed by atoms with E-state index in [9.17, 15) is 9.59 Å². The summed E-state index contributed by atoms with van der Waals surface area (Å²) in [5, 5.41) is 15.4. The first-order valence-electron chi connectivity index (χ1n) is 11.3. The van der Waals surface area contributed by atoms with Crippen LogP contribution < -0.4 is 5.32 Å². The van der Waals surface area contributed by atoms with Gasteiger partial charge in [-0.05, 0) is 36.4 Å². The summed E-state index contributed by atoms with van der Waals surface area (Å²) in [6.45, 7) is 3.90. The minimum atomic E-state index is -0.0698. The van der Waals surface area contributed by atoms with Crippen LogP contribution in [0.3, 0.4) is 0 Å². The van der Waals surface area contributed by atoms with Gasteiger partial charge in [-0.3, -0.25) is 9.59 Å². The number of carbonyl (C=O) groups excluding carboxylic acids is 2. The Labute approximate surface area is 193 Å². The Kier molecular flexibility index (Phi) is 7.41. The Morgan fingerprint density at radius 2 is 1.70 bits per heavy atom. The van der Waals surface area contributed by atoms with Crippen molar-refractivity contribution >= 4 is 17.5 Å². The second-order valence-electron chi connectivity index (χ2n) is 8.28. The molecule has 0 spiro atoms. The number of hydrogen-bond acceptors (Lipinski definition) is 6. The second kappa shape index (κ2) is 10.8. The summed E-state index contributed by atoms with van der Waals surface area (Å²) in [7, 11) is 2.07. The molecule has 1 aliphatic heterocycles. The molecular weight excluding hydrogens is 418 g/mol. The van der Waals surface area contributed by atoms with Crippen LogP contribution in [0.5, 0.6) is 0 Å². The van der Waals surface area contributed by atoms with Crippen molar-refractivity contribution in [1.82, 2.24) is 30.0 Å². The van der Waals surface area contributed by atoms with E-state index in [0.29, 0.717) is 31.6 Å². The fourth-order valence-corrected chi connectivity index (χ4v) is 3.69. The molecule has 1 fully saturated rings. The second-order valence-corrected chi connectivity index (χ2v) is 8.28. The lowest BCUT2D eigenvalue weighted by Gasteiger charge is -2.32. The summed E-state index contributed by atoms with van der Waals surface area (Å²) in [5.41, 5.74) is 2.58. The molecule has 0 unspecified atom stereocenters. The third-order valence-electron chi connectivity index (χ3n) is 5.70. The number of nitrogens with zero attached hydrogens (tertiary/aromatic N) is 6. The van der Waals surface area contributed by atoms with Gasteiger partial charge in [0.05, 0.1) is 13.0 Å². The van der Waals surface area contributed by atoms with Crippen molar-refractivity contribution in [2.75, 3.05) is 38.5 Å². The third kappa shape index (κ3) is 6.45. The summed E-state index contributed by atoms with van der Waals surface area (Å²) >= 11 is 0. The first kappa shape index (κ1) is 22.6. The van der Waals surface area contributed by atoms with E-state index in [1.165, 1.54) is 4.80 Å². The zero-order valence-corrected chi connectivity index (χ0v) is 18.9. The van der Waals surface area contributed by atoms with Crippen molar-refractivity contribution in [2.24, 2.45) is 0 Å². The van der Waals surface area contributed by atoms with E-state index in [1.807, 2.05) is 59.5 Å². The van der Waals surface area contributed by atoms with Crippen molar-refractivity contribution in [1.29, 1.82) is 0 Å². The molecule has 0 aliphatic carbocycles. The van der Waals surface area contributed by atoms with Crippen LogP contribution in [0.4, 0.5) is 5.69 Å². The molecule has 9 nitrogen and oxygen atoms in total. The van der Waals surface area contributed by atoms with Crippen LogP contribution in [0.15, 0.2) is 54.6 Å². The Bertz CT molecular complexity index is 1060. The highest BCUT2D eigenvalue weighted by molar-refractivity contribution is 5.90. The summed E-state index contributed by atoms with van der Waals surface area (Å²) in [6, 6.07) is 17.1. The fraction of sp³-hybridized carbons (Fsp3) is 0.375. The molecule has 172 valence electrons. The topological polar surface area (TPSA) is 96.2 Å². The van der Waals surface area contributed by atoms with Crippen LogP contribution in [-0.2, 0) is 22.6 Å². The molecule has 0 saturated carbocycles. The monoisotopic (exact) mass is 447 g/mol. The van der Waals surface area contributed by atoms with E-state index in [4.69, 9.17) is 0 Å². The van der Waals surface area contributed by atoms with Crippen LogP contribution >= 0.6 is 0 Å². The highest BCUT2D eigenvalue weighted by atomic mass is 16.2. The standard InChI is InChI=1S/C24H29N7O2/c1-29-14-16-30(17-15-29)23(33)18-19-9-11-21(12-10-19)25-22(32)8-5-13-31-27-24(26-28-31)20-6-3-2-4-7-20/h2-4,6-7,9-12H,5,8,13-18H2,1H3,(H,25,32). The van der Waals surface area contributed by atoms with Crippen molar-refractivity contribution in [2.45, 2.75) is 25.8 Å². The lowest BCUT2D eigenvalue weighted by atomic mass is 10.1. The molecule has 4 rings (SSSR count). The normalized spacial score (nSPS) is 14.3. The van der Waals surface area contributed by atoms with E-state index >= 15 is 0 Å². The number of benzene rings is 2. The third-order valence-corrected chi connectivity index (χ3v) is 5.70. The lowest BCUT2D eigenvalue weighted by molar-refractivity contribution is -0.132. The van der Waals surface area contributed by atoms with E-state index in [2.05, 4.69) is 32.7 Å². The number of piperazine rings is 1. The molecule has 1 aromatic heterocycles. The molecule has 2 heterocycles. The molecule has 9 heteroatoms. The average molecular weight is 448 g/mol. The van der Waals surface area contributed by atoms with Crippen LogP contribution in [-0.4, -0.2) is 75.0 Å². The van der Waals surface area contributed by atoms with E-state index in [-0.39, 0.29) is 11.8 Å². The van der Waals surface area contributed by atoms with Crippen molar-refractivity contribution < 1.29 is 9.59 Å². The Morgan fingerprint density at radius 1 is 0.970 bits per heavy atom. The molecule has 1 aliphatic rings. The molecule has 0 radical (unpaired) electrons. The number of carbonyl (C=O) groups is 2. The molecule has 0 atom stereocenters. The van der Waals surface area contributed by atoms with Gasteiger partial charge in [0.2, 0.25) is 17.6 Å². The first-order valence-corrected chi connectivity index (χ1v) is 11.3. The smallest absolute Gasteiger partial charge is 0.227 e. The van der Waals surface area contributed by atoms with Crippen LogP contribution in [0, 0.1) is 0 Å². The van der Waals surface area contributed by atoms with Gasteiger partial charge in [0.15, 0.2) is 0 Å². The Balaban J connectivity index is 1.19. The summed E-state index contributed by atoms with van der Waals surface area (Å²) < 4.78 is 0. The highest BCUT2D eigenvalue weighted by Crippen LogP contribution is 2.14. The van der Waals surface area contributed by atoms with Gasteiger partial charge in [0.1, 0.15) is 0 Å². The maximum absolute atomic E-state index is 12.5. The summed E-state index contributed by atoms with van der Waals surface area (Å²) in [4.78, 5) is 30.4. The minimum absolute atomic E-state index is 0.0698. The van der Waals surface area contributed by atoms with Gasteiger partial charge < -0.3 is 15.1 Å². The van der Waals surface area contributed by atoms with Gasteiger partial charge in [-0.1, -0.05) is 42.5 Å². The summed E-state index contributed by atoms with van der Waals surface area (Å²) in [5.74, 6) is 0.655. The zero-order valence-electron chi connectivity index (χ0n) is 18.9. The maximum atomic E-state index is 12.5. The zero-order chi connectivity index (χ0) is 23.0. The average Bonchev–Trinajstić information content (AvgIpc) is 3.30. The number of likely N-dealkylation sites (N-methyl/N-ethyl adjacent to an activating group) is 1. The number of aromatic nitrogens is 4. The number of hydrogen-bond donors (Lipinski definition) is 1.